The number of benzene rings is 2. The molecule has 6 nitrogen and oxygen atoms in total. The summed E-state index contributed by atoms with van der Waals surface area (Å²) in [5.41, 5.74) is 8.15. The van der Waals surface area contributed by atoms with Crippen molar-refractivity contribution < 1.29 is 14.6 Å². The molecule has 1 fully saturated rings. The van der Waals surface area contributed by atoms with Gasteiger partial charge in [-0.3, -0.25) is 5.41 Å². The normalized spacial score (nSPS) is 14.8. The van der Waals surface area contributed by atoms with E-state index in [0.717, 1.165) is 18.4 Å². The van der Waals surface area contributed by atoms with Crippen LogP contribution in [0.3, 0.4) is 0 Å². The molecule has 1 atom stereocenters. The Balaban J connectivity index is 0.00000280. The number of carbonyl (C=O) groups excluding carboxylic acids is 1. The standard InChI is InChI=1S/C21H25N3O3.ClH/c1-13-10-15(12-18(11-13)27-17-4-2-3-5-17)19(21(25)26)24-16-8-6-14(7-9-16)20(22)23;/h6-12,17,19,24H,2-5H2,1H3,(H3,22,23)(H,25,26);1H/p-1. The van der Waals surface area contributed by atoms with Crippen LogP contribution in [0.25, 0.3) is 0 Å². The van der Waals surface area contributed by atoms with Crippen LogP contribution in [-0.2, 0) is 4.79 Å². The van der Waals surface area contributed by atoms with Crippen LogP contribution in [0.5, 0.6) is 5.75 Å². The van der Waals surface area contributed by atoms with Crippen molar-refractivity contribution in [2.45, 2.75) is 44.8 Å². The molecule has 0 aliphatic heterocycles. The molecule has 0 heterocycles. The van der Waals surface area contributed by atoms with E-state index in [1.165, 1.54) is 12.8 Å². The first kappa shape index (κ1) is 21.6. The summed E-state index contributed by atoms with van der Waals surface area (Å²) in [6.07, 6.45) is 4.61. The summed E-state index contributed by atoms with van der Waals surface area (Å²) in [4.78, 5) is 11.8. The molecule has 28 heavy (non-hydrogen) atoms. The third-order valence-corrected chi connectivity index (χ3v) is 4.75. The monoisotopic (exact) mass is 402 g/mol. The van der Waals surface area contributed by atoms with Crippen LogP contribution in [0.1, 0.15) is 48.4 Å². The molecule has 7 heteroatoms. The van der Waals surface area contributed by atoms with Gasteiger partial charge in [-0.15, -0.1) is 12.4 Å². The van der Waals surface area contributed by atoms with E-state index >= 15 is 0 Å². The summed E-state index contributed by atoms with van der Waals surface area (Å²) in [5.74, 6) is -0.565. The van der Waals surface area contributed by atoms with Gasteiger partial charge >= 0.3 is 0 Å². The molecule has 0 spiro atoms. The highest BCUT2D eigenvalue weighted by molar-refractivity contribution is 5.95. The maximum atomic E-state index is 11.8. The molecule has 150 valence electrons. The van der Waals surface area contributed by atoms with Crippen molar-refractivity contribution in [3.63, 3.8) is 0 Å². The number of halogens is 1. The van der Waals surface area contributed by atoms with Crippen LogP contribution in [0, 0.1) is 12.3 Å². The van der Waals surface area contributed by atoms with E-state index in [4.69, 9.17) is 15.9 Å². The van der Waals surface area contributed by atoms with Gasteiger partial charge in [0.1, 0.15) is 11.6 Å². The Morgan fingerprint density at radius 3 is 2.43 bits per heavy atom. The lowest BCUT2D eigenvalue weighted by Crippen LogP contribution is -2.34. The van der Waals surface area contributed by atoms with E-state index in [9.17, 15) is 9.90 Å². The SMILES string of the molecule is Cc1cc(OC2CCCC2)cc(C(Nc2ccc(C(=N)N)cc2)C(=O)[O-])c1.Cl. The maximum Gasteiger partial charge on any atom is 0.122 e. The van der Waals surface area contributed by atoms with Crippen molar-refractivity contribution in [1.82, 2.24) is 0 Å². The van der Waals surface area contributed by atoms with E-state index in [-0.39, 0.29) is 24.3 Å². The molecule has 1 aliphatic carbocycles. The Labute approximate surface area is 171 Å². The first-order chi connectivity index (χ1) is 12.9. The fourth-order valence-electron chi connectivity index (χ4n) is 3.40. The lowest BCUT2D eigenvalue weighted by Gasteiger charge is -2.23. The molecule has 0 amide bonds. The molecule has 4 N–H and O–H groups in total. The van der Waals surface area contributed by atoms with Crippen LogP contribution in [0.4, 0.5) is 5.69 Å². The number of aliphatic carboxylic acids is 1. The number of nitrogens with one attached hydrogen (secondary N) is 2. The van der Waals surface area contributed by atoms with Crippen LogP contribution in [-0.4, -0.2) is 17.9 Å². The van der Waals surface area contributed by atoms with E-state index in [1.807, 2.05) is 19.1 Å². The molecule has 1 unspecified atom stereocenters. The summed E-state index contributed by atoms with van der Waals surface area (Å²) >= 11 is 0. The molecule has 0 aromatic heterocycles. The van der Waals surface area contributed by atoms with E-state index in [1.54, 1.807) is 30.3 Å². The van der Waals surface area contributed by atoms with E-state index < -0.39 is 12.0 Å². The summed E-state index contributed by atoms with van der Waals surface area (Å²) in [7, 11) is 0. The number of aryl methyl sites for hydroxylation is 1. The van der Waals surface area contributed by atoms with E-state index in [2.05, 4.69) is 5.32 Å². The second-order valence-electron chi connectivity index (χ2n) is 6.99. The molecule has 3 rings (SSSR count). The van der Waals surface area contributed by atoms with E-state index in [0.29, 0.717) is 22.6 Å². The zero-order chi connectivity index (χ0) is 19.4. The average molecular weight is 403 g/mol. The second kappa shape index (κ2) is 9.46. The number of ether oxygens (including phenoxy) is 1. The van der Waals surface area contributed by atoms with Crippen molar-refractivity contribution in [2.75, 3.05) is 5.32 Å². The Kier molecular flexibility index (Phi) is 7.29. The van der Waals surface area contributed by atoms with Crippen molar-refractivity contribution in [3.05, 3.63) is 59.2 Å². The third kappa shape index (κ3) is 5.39. The average Bonchev–Trinajstić information content (AvgIpc) is 3.12. The number of carboxylic acid groups (broad SMARTS) is 1. The zero-order valence-corrected chi connectivity index (χ0v) is 16.6. The number of nitrogen functional groups attached to an aromatic ring is 1. The summed E-state index contributed by atoms with van der Waals surface area (Å²) in [5, 5.41) is 22.2. The number of anilines is 1. The fourth-order valence-corrected chi connectivity index (χ4v) is 3.40. The molecule has 0 bridgehead atoms. The van der Waals surface area contributed by atoms with Crippen LogP contribution in [0.15, 0.2) is 42.5 Å². The highest BCUT2D eigenvalue weighted by Crippen LogP contribution is 2.29. The molecule has 2 aromatic carbocycles. The topological polar surface area (TPSA) is 111 Å². The van der Waals surface area contributed by atoms with Gasteiger partial charge < -0.3 is 25.7 Å². The van der Waals surface area contributed by atoms with Gasteiger partial charge in [-0.05, 0) is 80.1 Å². The lowest BCUT2D eigenvalue weighted by atomic mass is 10.0. The molecule has 1 aliphatic rings. The molecular weight excluding hydrogens is 378 g/mol. The number of carbonyl (C=O) groups is 1. The van der Waals surface area contributed by atoms with Crippen LogP contribution in [0.2, 0.25) is 0 Å². The fraction of sp³-hybridized carbons (Fsp3) is 0.333. The van der Waals surface area contributed by atoms with Gasteiger partial charge in [-0.25, -0.2) is 0 Å². The van der Waals surface area contributed by atoms with Gasteiger partial charge in [0.05, 0.1) is 18.1 Å². The quantitative estimate of drug-likeness (QED) is 0.487. The van der Waals surface area contributed by atoms with Crippen LogP contribution >= 0.6 is 12.4 Å². The predicted molar refractivity (Wildman–Crippen MR) is 110 cm³/mol. The lowest BCUT2D eigenvalue weighted by molar-refractivity contribution is -0.307. The Hall–Kier alpha value is -2.73. The second-order valence-corrected chi connectivity index (χ2v) is 6.99. The molecule has 1 saturated carbocycles. The first-order valence-electron chi connectivity index (χ1n) is 9.12. The Bertz CT molecular complexity index is 833. The summed E-state index contributed by atoms with van der Waals surface area (Å²) in [6.45, 7) is 1.92. The third-order valence-electron chi connectivity index (χ3n) is 4.75. The van der Waals surface area contributed by atoms with Crippen molar-refractivity contribution in [3.8, 4) is 5.75 Å². The van der Waals surface area contributed by atoms with Gasteiger partial charge in [-0.1, -0.05) is 6.07 Å². The Morgan fingerprint density at radius 1 is 1.21 bits per heavy atom. The van der Waals surface area contributed by atoms with Gasteiger partial charge in [0.15, 0.2) is 0 Å². The number of amidine groups is 1. The summed E-state index contributed by atoms with van der Waals surface area (Å²) in [6, 6.07) is 11.2. The zero-order valence-electron chi connectivity index (χ0n) is 15.7. The molecular formula is C21H25ClN3O3-. The van der Waals surface area contributed by atoms with Gasteiger partial charge in [0.2, 0.25) is 0 Å². The van der Waals surface area contributed by atoms with Gasteiger partial charge in [0, 0.05) is 11.3 Å². The number of rotatable bonds is 7. The molecule has 2 aromatic rings. The maximum absolute atomic E-state index is 11.8. The van der Waals surface area contributed by atoms with Crippen molar-refractivity contribution in [1.29, 1.82) is 5.41 Å². The smallest absolute Gasteiger partial charge is 0.122 e. The minimum Gasteiger partial charge on any atom is -0.548 e. The predicted octanol–water partition coefficient (Wildman–Crippen LogP) is 2.93. The van der Waals surface area contributed by atoms with Gasteiger partial charge in [0.25, 0.3) is 0 Å². The van der Waals surface area contributed by atoms with Crippen LogP contribution < -0.4 is 20.9 Å². The van der Waals surface area contributed by atoms with Crippen molar-refractivity contribution in [2.24, 2.45) is 5.73 Å². The summed E-state index contributed by atoms with van der Waals surface area (Å²) < 4.78 is 6.04. The number of hydrogen-bond acceptors (Lipinski definition) is 5. The first-order valence-corrected chi connectivity index (χ1v) is 9.12. The highest BCUT2D eigenvalue weighted by Gasteiger charge is 2.19. The van der Waals surface area contributed by atoms with Gasteiger partial charge in [-0.2, -0.15) is 0 Å². The largest absolute Gasteiger partial charge is 0.548 e. The number of nitrogens with two attached hydrogens (primary N) is 1. The molecule has 0 radical (unpaired) electrons. The van der Waals surface area contributed by atoms with Crippen molar-refractivity contribution >= 4 is 29.9 Å². The minimum atomic E-state index is -1.22. The molecule has 0 saturated heterocycles. The minimum absolute atomic E-state index is 0. The highest BCUT2D eigenvalue weighted by atomic mass is 35.5. The Morgan fingerprint density at radius 2 is 1.86 bits per heavy atom. The number of carboxylic acids is 1. The number of hydrogen-bond donors (Lipinski definition) is 3.